The summed E-state index contributed by atoms with van der Waals surface area (Å²) in [5.74, 6) is 1.09. The van der Waals surface area contributed by atoms with E-state index in [1.807, 2.05) is 30.3 Å². The van der Waals surface area contributed by atoms with Crippen molar-refractivity contribution in [1.29, 1.82) is 0 Å². The third kappa shape index (κ3) is 2.76. The summed E-state index contributed by atoms with van der Waals surface area (Å²) in [5, 5.41) is 0.263. The molecule has 0 unspecified atom stereocenters. The molecule has 1 atom stereocenters. The van der Waals surface area contributed by atoms with E-state index >= 15 is 0 Å². The minimum absolute atomic E-state index is 0.115. The summed E-state index contributed by atoms with van der Waals surface area (Å²) in [5.41, 5.74) is 0.814. The molecular formula is C17H12ClNO5. The molecule has 122 valence electrons. The van der Waals surface area contributed by atoms with Crippen LogP contribution in [0.1, 0.15) is 5.56 Å². The number of hydrogen-bond donors (Lipinski definition) is 0. The van der Waals surface area contributed by atoms with Crippen molar-refractivity contribution in [2.75, 3.05) is 13.4 Å². The normalized spacial score (nSPS) is 18.0. The van der Waals surface area contributed by atoms with Gasteiger partial charge < -0.3 is 18.9 Å². The summed E-state index contributed by atoms with van der Waals surface area (Å²) in [6.45, 7) is 0.246. The molecule has 7 heteroatoms. The van der Waals surface area contributed by atoms with E-state index in [-0.39, 0.29) is 24.2 Å². The summed E-state index contributed by atoms with van der Waals surface area (Å²) in [7, 11) is 0. The highest BCUT2D eigenvalue weighted by molar-refractivity contribution is 6.32. The number of benzene rings is 2. The summed E-state index contributed by atoms with van der Waals surface area (Å²) in [4.78, 5) is 16.6. The number of halogens is 1. The van der Waals surface area contributed by atoms with Crippen molar-refractivity contribution in [3.8, 4) is 17.2 Å². The highest BCUT2D eigenvalue weighted by atomic mass is 35.5. The zero-order valence-electron chi connectivity index (χ0n) is 12.4. The number of ether oxygens (including phenoxy) is 4. The summed E-state index contributed by atoms with van der Waals surface area (Å²) in [6, 6.07) is 11.7. The van der Waals surface area contributed by atoms with Gasteiger partial charge in [0.05, 0.1) is 5.02 Å². The van der Waals surface area contributed by atoms with E-state index < -0.39 is 12.0 Å². The van der Waals surface area contributed by atoms with Crippen LogP contribution in [-0.4, -0.2) is 31.3 Å². The lowest BCUT2D eigenvalue weighted by Gasteiger charge is -2.09. The van der Waals surface area contributed by atoms with E-state index in [2.05, 4.69) is 4.99 Å². The number of carbonyl (C=O) groups excluding carboxylic acids is 1. The Hall–Kier alpha value is -2.73. The topological polar surface area (TPSA) is 66.4 Å². The molecule has 24 heavy (non-hydrogen) atoms. The number of aliphatic imine (C=N–C) groups is 1. The standard InChI is InChI=1S/C17H12ClNO5/c18-11-6-14-15(23-9-22-14)7-13(11)24-17(20)12-8-21-16(19-12)10-4-2-1-3-5-10/h1-7,12H,8-9H2/t12-/m0/s1. The van der Waals surface area contributed by atoms with Crippen molar-refractivity contribution in [2.24, 2.45) is 4.99 Å². The van der Waals surface area contributed by atoms with Crippen LogP contribution in [0.2, 0.25) is 5.02 Å². The van der Waals surface area contributed by atoms with Gasteiger partial charge in [-0.1, -0.05) is 29.8 Å². The molecule has 2 aliphatic heterocycles. The zero-order chi connectivity index (χ0) is 16.5. The van der Waals surface area contributed by atoms with Gasteiger partial charge in [-0.2, -0.15) is 0 Å². The number of hydrogen-bond acceptors (Lipinski definition) is 6. The van der Waals surface area contributed by atoms with Crippen LogP contribution in [0.15, 0.2) is 47.5 Å². The summed E-state index contributed by atoms with van der Waals surface area (Å²) < 4.78 is 21.3. The van der Waals surface area contributed by atoms with Gasteiger partial charge in [-0.3, -0.25) is 0 Å². The number of fused-ring (bicyclic) bond motifs is 1. The quantitative estimate of drug-likeness (QED) is 0.632. The van der Waals surface area contributed by atoms with Gasteiger partial charge in [-0.25, -0.2) is 9.79 Å². The maximum Gasteiger partial charge on any atom is 0.340 e. The Kier molecular flexibility index (Phi) is 3.74. The lowest BCUT2D eigenvalue weighted by molar-refractivity contribution is -0.136. The minimum Gasteiger partial charge on any atom is -0.475 e. The zero-order valence-corrected chi connectivity index (χ0v) is 13.2. The third-order valence-corrected chi connectivity index (χ3v) is 3.88. The molecule has 0 N–H and O–H groups in total. The Morgan fingerprint density at radius 2 is 1.88 bits per heavy atom. The predicted molar refractivity (Wildman–Crippen MR) is 85.9 cm³/mol. The summed E-state index contributed by atoms with van der Waals surface area (Å²) >= 11 is 6.10. The molecule has 0 saturated heterocycles. The van der Waals surface area contributed by atoms with Gasteiger partial charge in [-0.05, 0) is 12.1 Å². The van der Waals surface area contributed by atoms with Gasteiger partial charge in [0.1, 0.15) is 6.61 Å². The van der Waals surface area contributed by atoms with E-state index in [1.54, 1.807) is 6.07 Å². The monoisotopic (exact) mass is 345 g/mol. The molecule has 0 fully saturated rings. The molecule has 4 rings (SSSR count). The maximum atomic E-state index is 12.3. The molecule has 0 saturated carbocycles. The van der Waals surface area contributed by atoms with Gasteiger partial charge in [0.25, 0.3) is 0 Å². The van der Waals surface area contributed by atoms with Crippen molar-refractivity contribution < 1.29 is 23.7 Å². The first kappa shape index (κ1) is 14.8. The molecule has 2 aliphatic rings. The van der Waals surface area contributed by atoms with E-state index in [1.165, 1.54) is 6.07 Å². The Morgan fingerprint density at radius 1 is 1.12 bits per heavy atom. The van der Waals surface area contributed by atoms with Gasteiger partial charge in [0, 0.05) is 17.7 Å². The number of rotatable bonds is 3. The fourth-order valence-corrected chi connectivity index (χ4v) is 2.58. The van der Waals surface area contributed by atoms with E-state index in [0.29, 0.717) is 17.4 Å². The Bertz CT molecular complexity index is 821. The van der Waals surface area contributed by atoms with Crippen LogP contribution in [0.4, 0.5) is 0 Å². The average Bonchev–Trinajstić information content (AvgIpc) is 3.25. The van der Waals surface area contributed by atoms with Crippen molar-refractivity contribution in [2.45, 2.75) is 6.04 Å². The lowest BCUT2D eigenvalue weighted by atomic mass is 10.2. The molecule has 2 aromatic carbocycles. The Balaban J connectivity index is 1.50. The van der Waals surface area contributed by atoms with Crippen molar-refractivity contribution in [3.63, 3.8) is 0 Å². The molecule has 2 aromatic rings. The van der Waals surface area contributed by atoms with Crippen LogP contribution in [0, 0.1) is 0 Å². The molecule has 2 heterocycles. The Morgan fingerprint density at radius 3 is 2.67 bits per heavy atom. The number of esters is 1. The second-order valence-electron chi connectivity index (χ2n) is 5.18. The van der Waals surface area contributed by atoms with Crippen molar-refractivity contribution >= 4 is 23.5 Å². The highest BCUT2D eigenvalue weighted by Gasteiger charge is 2.29. The first-order valence-corrected chi connectivity index (χ1v) is 7.65. The van der Waals surface area contributed by atoms with Crippen LogP contribution in [0.25, 0.3) is 0 Å². The van der Waals surface area contributed by atoms with E-state index in [0.717, 1.165) is 5.56 Å². The minimum atomic E-state index is -0.735. The van der Waals surface area contributed by atoms with Gasteiger partial charge >= 0.3 is 5.97 Å². The molecule has 0 spiro atoms. The first-order valence-electron chi connectivity index (χ1n) is 7.27. The van der Waals surface area contributed by atoms with Gasteiger partial charge in [0.2, 0.25) is 12.7 Å². The SMILES string of the molecule is O=C(Oc1cc2c(cc1Cl)OCO2)[C@@H]1COC(c2ccccc2)=N1. The van der Waals surface area contributed by atoms with Crippen LogP contribution >= 0.6 is 11.6 Å². The number of nitrogens with zero attached hydrogens (tertiary/aromatic N) is 1. The molecular weight excluding hydrogens is 334 g/mol. The smallest absolute Gasteiger partial charge is 0.340 e. The molecule has 0 aliphatic carbocycles. The summed E-state index contributed by atoms with van der Waals surface area (Å²) in [6.07, 6.45) is 0. The molecule has 6 nitrogen and oxygen atoms in total. The second-order valence-corrected chi connectivity index (χ2v) is 5.59. The molecule has 0 aromatic heterocycles. The fourth-order valence-electron chi connectivity index (χ4n) is 2.39. The average molecular weight is 346 g/mol. The molecule has 0 radical (unpaired) electrons. The highest BCUT2D eigenvalue weighted by Crippen LogP contribution is 2.40. The van der Waals surface area contributed by atoms with E-state index in [9.17, 15) is 4.79 Å². The lowest BCUT2D eigenvalue weighted by Crippen LogP contribution is -2.25. The van der Waals surface area contributed by atoms with Crippen LogP contribution in [-0.2, 0) is 9.53 Å². The van der Waals surface area contributed by atoms with Crippen LogP contribution in [0.3, 0.4) is 0 Å². The largest absolute Gasteiger partial charge is 0.475 e. The van der Waals surface area contributed by atoms with Crippen LogP contribution in [0.5, 0.6) is 17.2 Å². The fraction of sp³-hybridized carbons (Fsp3) is 0.176. The third-order valence-electron chi connectivity index (χ3n) is 3.58. The molecule has 0 bridgehead atoms. The van der Waals surface area contributed by atoms with Crippen molar-refractivity contribution in [1.82, 2.24) is 0 Å². The first-order chi connectivity index (χ1) is 11.7. The van der Waals surface area contributed by atoms with Crippen LogP contribution < -0.4 is 14.2 Å². The van der Waals surface area contributed by atoms with E-state index in [4.69, 9.17) is 30.5 Å². The second kappa shape index (κ2) is 6.05. The Labute approximate surface area is 142 Å². The maximum absolute atomic E-state index is 12.3. The molecule has 0 amide bonds. The van der Waals surface area contributed by atoms with Gasteiger partial charge in [0.15, 0.2) is 23.3 Å². The van der Waals surface area contributed by atoms with Crippen molar-refractivity contribution in [3.05, 3.63) is 53.1 Å². The predicted octanol–water partition coefficient (Wildman–Crippen LogP) is 2.82. The van der Waals surface area contributed by atoms with Gasteiger partial charge in [-0.15, -0.1) is 0 Å². The number of carbonyl (C=O) groups is 1.